The molecule has 0 bridgehead atoms. The third kappa shape index (κ3) is 3.90. The quantitative estimate of drug-likeness (QED) is 0.534. The number of methoxy groups -OCH3 is 1. The van der Waals surface area contributed by atoms with Crippen LogP contribution < -0.4 is 4.90 Å². The Hall–Kier alpha value is -2.19. The van der Waals surface area contributed by atoms with Crippen LogP contribution in [0.15, 0.2) is 18.2 Å². The van der Waals surface area contributed by atoms with Crippen molar-refractivity contribution in [3.05, 3.63) is 33.9 Å². The molecule has 0 unspecified atom stereocenters. The molecule has 1 aromatic rings. The molecular formula is C12H16N2O6. The summed E-state index contributed by atoms with van der Waals surface area (Å²) in [6.07, 6.45) is 0. The van der Waals surface area contributed by atoms with Crippen LogP contribution in [0.4, 0.5) is 11.4 Å². The Morgan fingerprint density at radius 1 is 1.45 bits per heavy atom. The second kappa shape index (κ2) is 7.41. The predicted octanol–water partition coefficient (Wildman–Crippen LogP) is 0.738. The van der Waals surface area contributed by atoms with E-state index in [2.05, 4.69) is 0 Å². The van der Waals surface area contributed by atoms with Crippen molar-refractivity contribution in [3.8, 4) is 0 Å². The maximum atomic E-state index is 10.9. The van der Waals surface area contributed by atoms with Gasteiger partial charge in [0.2, 0.25) is 0 Å². The first-order valence-electron chi connectivity index (χ1n) is 5.87. The Morgan fingerprint density at radius 2 is 2.15 bits per heavy atom. The lowest BCUT2D eigenvalue weighted by Gasteiger charge is -2.23. The summed E-state index contributed by atoms with van der Waals surface area (Å²) in [6.45, 7) is 0.959. The van der Waals surface area contributed by atoms with E-state index in [-0.39, 0.29) is 18.7 Å². The lowest BCUT2D eigenvalue weighted by Crippen LogP contribution is -2.30. The van der Waals surface area contributed by atoms with Crippen LogP contribution in [-0.2, 0) is 4.74 Å². The predicted molar refractivity (Wildman–Crippen MR) is 71.2 cm³/mol. The molecule has 8 heteroatoms. The van der Waals surface area contributed by atoms with Crippen LogP contribution in [0.2, 0.25) is 0 Å². The summed E-state index contributed by atoms with van der Waals surface area (Å²) in [4.78, 5) is 22.8. The first-order valence-corrected chi connectivity index (χ1v) is 5.87. The van der Waals surface area contributed by atoms with E-state index in [0.29, 0.717) is 18.8 Å². The second-order valence-corrected chi connectivity index (χ2v) is 3.97. The zero-order chi connectivity index (χ0) is 15.1. The first-order chi connectivity index (χ1) is 9.51. The smallest absolute Gasteiger partial charge is 0.342 e. The molecule has 0 aliphatic carbocycles. The minimum absolute atomic E-state index is 0.127. The maximum Gasteiger partial charge on any atom is 0.342 e. The summed E-state index contributed by atoms with van der Waals surface area (Å²) >= 11 is 0. The van der Waals surface area contributed by atoms with E-state index in [0.717, 1.165) is 0 Å². The van der Waals surface area contributed by atoms with E-state index >= 15 is 0 Å². The molecular weight excluding hydrogens is 268 g/mol. The molecule has 20 heavy (non-hydrogen) atoms. The number of aromatic carboxylic acids is 1. The SMILES string of the molecule is COCCN(CCO)c1ccc(C(=O)O)c([N+](=O)[O-])c1. The highest BCUT2D eigenvalue weighted by atomic mass is 16.6. The van der Waals surface area contributed by atoms with Crippen molar-refractivity contribution in [3.63, 3.8) is 0 Å². The van der Waals surface area contributed by atoms with Crippen LogP contribution in [-0.4, -0.2) is 54.5 Å². The van der Waals surface area contributed by atoms with Crippen LogP contribution in [0.1, 0.15) is 10.4 Å². The number of carbonyl (C=O) groups is 1. The van der Waals surface area contributed by atoms with E-state index in [1.807, 2.05) is 0 Å². The Labute approximate surface area is 115 Å². The van der Waals surface area contributed by atoms with Gasteiger partial charge in [-0.3, -0.25) is 10.1 Å². The lowest BCUT2D eigenvalue weighted by atomic mass is 10.1. The van der Waals surface area contributed by atoms with E-state index < -0.39 is 16.6 Å². The van der Waals surface area contributed by atoms with Crippen molar-refractivity contribution >= 4 is 17.3 Å². The third-order valence-corrected chi connectivity index (χ3v) is 2.71. The highest BCUT2D eigenvalue weighted by molar-refractivity contribution is 5.93. The molecule has 0 saturated heterocycles. The maximum absolute atomic E-state index is 10.9. The molecule has 0 aromatic heterocycles. The number of aliphatic hydroxyl groups is 1. The molecule has 0 aliphatic heterocycles. The normalized spacial score (nSPS) is 10.3. The molecule has 0 aliphatic rings. The number of nitrogens with zero attached hydrogens (tertiary/aromatic N) is 2. The summed E-state index contributed by atoms with van der Waals surface area (Å²) in [5, 5.41) is 28.8. The first kappa shape index (κ1) is 15.9. The molecule has 0 radical (unpaired) electrons. The van der Waals surface area contributed by atoms with E-state index in [4.69, 9.17) is 14.9 Å². The Balaban J connectivity index is 3.13. The second-order valence-electron chi connectivity index (χ2n) is 3.97. The lowest BCUT2D eigenvalue weighted by molar-refractivity contribution is -0.385. The molecule has 110 valence electrons. The van der Waals surface area contributed by atoms with E-state index in [1.54, 1.807) is 4.90 Å². The number of rotatable bonds is 8. The molecule has 0 amide bonds. The number of hydrogen-bond acceptors (Lipinski definition) is 6. The standard InChI is InChI=1S/C12H16N2O6/c1-20-7-5-13(4-6-15)9-2-3-10(12(16)17)11(8-9)14(18)19/h2-3,8,15H,4-7H2,1H3,(H,16,17). The molecule has 0 spiro atoms. The zero-order valence-corrected chi connectivity index (χ0v) is 11.0. The number of carboxylic acids is 1. The number of aliphatic hydroxyl groups excluding tert-OH is 1. The van der Waals surface area contributed by atoms with Crippen molar-refractivity contribution in [2.75, 3.05) is 38.3 Å². The molecule has 2 N–H and O–H groups in total. The number of anilines is 1. The summed E-state index contributed by atoms with van der Waals surface area (Å²) in [7, 11) is 1.52. The average molecular weight is 284 g/mol. The molecule has 0 atom stereocenters. The topological polar surface area (TPSA) is 113 Å². The van der Waals surface area contributed by atoms with Gasteiger partial charge in [-0.15, -0.1) is 0 Å². The van der Waals surface area contributed by atoms with Gasteiger partial charge in [0.25, 0.3) is 5.69 Å². The van der Waals surface area contributed by atoms with Gasteiger partial charge in [-0.05, 0) is 12.1 Å². The van der Waals surface area contributed by atoms with E-state index in [9.17, 15) is 14.9 Å². The van der Waals surface area contributed by atoms with Gasteiger partial charge in [0.05, 0.1) is 18.1 Å². The molecule has 0 heterocycles. The van der Waals surface area contributed by atoms with Gasteiger partial charge in [0.1, 0.15) is 5.56 Å². The van der Waals surface area contributed by atoms with Gasteiger partial charge in [0.15, 0.2) is 0 Å². The van der Waals surface area contributed by atoms with Crippen molar-refractivity contribution in [1.29, 1.82) is 0 Å². The van der Waals surface area contributed by atoms with Crippen molar-refractivity contribution in [1.82, 2.24) is 0 Å². The van der Waals surface area contributed by atoms with Crippen LogP contribution >= 0.6 is 0 Å². The largest absolute Gasteiger partial charge is 0.477 e. The molecule has 1 rings (SSSR count). The number of hydrogen-bond donors (Lipinski definition) is 2. The van der Waals surface area contributed by atoms with E-state index in [1.165, 1.54) is 25.3 Å². The third-order valence-electron chi connectivity index (χ3n) is 2.71. The number of nitro benzene ring substituents is 1. The Morgan fingerprint density at radius 3 is 2.65 bits per heavy atom. The fourth-order valence-corrected chi connectivity index (χ4v) is 1.74. The van der Waals surface area contributed by atoms with Crippen molar-refractivity contribution in [2.45, 2.75) is 0 Å². The fraction of sp³-hybridized carbons (Fsp3) is 0.417. The molecule has 0 fully saturated rings. The highest BCUT2D eigenvalue weighted by Crippen LogP contribution is 2.25. The van der Waals surface area contributed by atoms with Crippen molar-refractivity contribution in [2.24, 2.45) is 0 Å². The fourth-order valence-electron chi connectivity index (χ4n) is 1.74. The van der Waals surface area contributed by atoms with Gasteiger partial charge in [0, 0.05) is 32.0 Å². The van der Waals surface area contributed by atoms with Gasteiger partial charge in [-0.2, -0.15) is 0 Å². The average Bonchev–Trinajstić information content (AvgIpc) is 2.42. The molecule has 8 nitrogen and oxygen atoms in total. The minimum atomic E-state index is -1.35. The monoisotopic (exact) mass is 284 g/mol. The Kier molecular flexibility index (Phi) is 5.88. The number of benzene rings is 1. The van der Waals surface area contributed by atoms with Crippen LogP contribution in [0.5, 0.6) is 0 Å². The summed E-state index contributed by atoms with van der Waals surface area (Å²) in [5.41, 5.74) is -0.377. The molecule has 1 aromatic carbocycles. The van der Waals surface area contributed by atoms with Crippen LogP contribution in [0.3, 0.4) is 0 Å². The number of ether oxygens (including phenoxy) is 1. The highest BCUT2D eigenvalue weighted by Gasteiger charge is 2.21. The number of nitro groups is 1. The van der Waals surface area contributed by atoms with Crippen LogP contribution in [0, 0.1) is 10.1 Å². The van der Waals surface area contributed by atoms with Gasteiger partial charge in [-0.25, -0.2) is 4.79 Å². The summed E-state index contributed by atoms with van der Waals surface area (Å²) < 4.78 is 4.93. The van der Waals surface area contributed by atoms with Gasteiger partial charge < -0.3 is 19.8 Å². The number of carboxylic acid groups (broad SMARTS) is 1. The summed E-state index contributed by atoms with van der Waals surface area (Å²) in [6, 6.07) is 3.85. The summed E-state index contributed by atoms with van der Waals surface area (Å²) in [5.74, 6) is -1.35. The van der Waals surface area contributed by atoms with Crippen molar-refractivity contribution < 1.29 is 24.7 Å². The van der Waals surface area contributed by atoms with Gasteiger partial charge in [-0.1, -0.05) is 0 Å². The van der Waals surface area contributed by atoms with Crippen LogP contribution in [0.25, 0.3) is 0 Å². The molecule has 0 saturated carbocycles. The Bertz CT molecular complexity index is 491. The minimum Gasteiger partial charge on any atom is -0.477 e. The van der Waals surface area contributed by atoms with Gasteiger partial charge >= 0.3 is 5.97 Å². The zero-order valence-electron chi connectivity index (χ0n) is 11.0.